The highest BCUT2D eigenvalue weighted by Crippen LogP contribution is 2.21. The molecule has 3 rings (SSSR count). The fourth-order valence-electron chi connectivity index (χ4n) is 3.01. The largest absolute Gasteiger partial charge is 0.337 e. The van der Waals surface area contributed by atoms with Crippen LogP contribution in [0.2, 0.25) is 0 Å². The van der Waals surface area contributed by atoms with Crippen molar-refractivity contribution < 1.29 is 13.2 Å². The Kier molecular flexibility index (Phi) is 5.70. The minimum Gasteiger partial charge on any atom is -0.337 e. The molecule has 0 atom stereocenters. The van der Waals surface area contributed by atoms with E-state index in [0.717, 1.165) is 21.2 Å². The van der Waals surface area contributed by atoms with Crippen LogP contribution in [0.1, 0.15) is 11.1 Å². The second kappa shape index (κ2) is 7.82. The van der Waals surface area contributed by atoms with Gasteiger partial charge >= 0.3 is 0 Å². The molecule has 1 amide bonds. The number of nitrogens with zero attached hydrogens (tertiary/aromatic N) is 2. The second-order valence-electron chi connectivity index (χ2n) is 6.27. The number of hydrogen-bond donors (Lipinski definition) is 0. The molecule has 0 bridgehead atoms. The highest BCUT2D eigenvalue weighted by Gasteiger charge is 2.27. The maximum Gasteiger partial charge on any atom is 0.243 e. The van der Waals surface area contributed by atoms with Gasteiger partial charge in [0.25, 0.3) is 0 Å². The molecule has 0 saturated carbocycles. The van der Waals surface area contributed by atoms with E-state index >= 15 is 0 Å². The van der Waals surface area contributed by atoms with Gasteiger partial charge in [-0.25, -0.2) is 8.42 Å². The van der Waals surface area contributed by atoms with E-state index in [2.05, 4.69) is 6.07 Å². The van der Waals surface area contributed by atoms with Gasteiger partial charge in [-0.3, -0.25) is 4.79 Å². The van der Waals surface area contributed by atoms with Crippen LogP contribution in [0.15, 0.2) is 58.3 Å². The first kappa shape index (κ1) is 18.9. The number of amides is 1. The van der Waals surface area contributed by atoms with Gasteiger partial charge < -0.3 is 4.90 Å². The molecule has 2 aromatic rings. The Bertz CT molecular complexity index is 895. The Morgan fingerprint density at radius 1 is 1.12 bits per heavy atom. The van der Waals surface area contributed by atoms with Crippen LogP contribution in [0.25, 0.3) is 0 Å². The van der Waals surface area contributed by atoms with E-state index in [9.17, 15) is 13.2 Å². The number of rotatable bonds is 5. The quantitative estimate of drug-likeness (QED) is 0.737. The first-order valence-corrected chi connectivity index (χ1v) is 11.0. The van der Waals surface area contributed by atoms with E-state index in [1.807, 2.05) is 24.5 Å². The summed E-state index contributed by atoms with van der Waals surface area (Å²) in [6.07, 6.45) is 2.74. The van der Waals surface area contributed by atoms with Crippen molar-refractivity contribution in [2.24, 2.45) is 0 Å². The van der Waals surface area contributed by atoms with E-state index < -0.39 is 10.0 Å². The molecule has 138 valence electrons. The molecule has 0 fully saturated rings. The average molecular weight is 391 g/mol. The van der Waals surface area contributed by atoms with Gasteiger partial charge in [0.05, 0.1) is 11.4 Å². The summed E-state index contributed by atoms with van der Waals surface area (Å²) in [5, 5.41) is 0. The molecule has 0 spiro atoms. The number of sulfonamides is 1. The van der Waals surface area contributed by atoms with E-state index in [4.69, 9.17) is 0 Å². The molecule has 1 aliphatic rings. The summed E-state index contributed by atoms with van der Waals surface area (Å²) in [6.45, 7) is 0.992. The van der Waals surface area contributed by atoms with Gasteiger partial charge in [0, 0.05) is 25.0 Å². The zero-order chi connectivity index (χ0) is 18.7. The number of fused-ring (bicyclic) bond motifs is 1. The van der Waals surface area contributed by atoms with Crippen molar-refractivity contribution >= 4 is 27.7 Å². The number of hydrogen-bond acceptors (Lipinski definition) is 4. The molecule has 26 heavy (non-hydrogen) atoms. The van der Waals surface area contributed by atoms with Crippen molar-refractivity contribution in [1.29, 1.82) is 0 Å². The van der Waals surface area contributed by atoms with Gasteiger partial charge in [-0.2, -0.15) is 4.31 Å². The summed E-state index contributed by atoms with van der Waals surface area (Å²) in [7, 11) is -2.23. The minimum absolute atomic E-state index is 0.158. The Labute approximate surface area is 159 Å². The number of likely N-dealkylation sites (N-methyl/N-ethyl adjacent to an activating group) is 1. The molecule has 0 radical (unpaired) electrons. The van der Waals surface area contributed by atoms with Crippen LogP contribution >= 0.6 is 11.8 Å². The van der Waals surface area contributed by atoms with Crippen molar-refractivity contribution in [1.82, 2.24) is 9.21 Å². The number of carbonyl (C=O) groups is 1. The molecule has 0 aromatic heterocycles. The summed E-state index contributed by atoms with van der Waals surface area (Å²) in [5.74, 6) is -0.175. The van der Waals surface area contributed by atoms with Crippen molar-refractivity contribution in [2.75, 3.05) is 26.4 Å². The minimum atomic E-state index is -3.68. The maximum atomic E-state index is 12.7. The van der Waals surface area contributed by atoms with Crippen molar-refractivity contribution in [3.63, 3.8) is 0 Å². The molecule has 1 heterocycles. The third kappa shape index (κ3) is 3.95. The summed E-state index contributed by atoms with van der Waals surface area (Å²) >= 11 is 1.55. The molecule has 7 heteroatoms. The van der Waals surface area contributed by atoms with Gasteiger partial charge in [-0.1, -0.05) is 24.3 Å². The molecule has 5 nitrogen and oxygen atoms in total. The lowest BCUT2D eigenvalue weighted by Gasteiger charge is -2.30. The van der Waals surface area contributed by atoms with Crippen LogP contribution in [0.5, 0.6) is 0 Å². The molecular formula is C19H22N2O3S2. The summed E-state index contributed by atoms with van der Waals surface area (Å²) in [4.78, 5) is 15.5. The maximum absolute atomic E-state index is 12.7. The monoisotopic (exact) mass is 390 g/mol. The highest BCUT2D eigenvalue weighted by molar-refractivity contribution is 7.98. The molecule has 2 aromatic carbocycles. The normalized spacial score (nSPS) is 14.3. The van der Waals surface area contributed by atoms with Crippen LogP contribution in [0, 0.1) is 0 Å². The van der Waals surface area contributed by atoms with Gasteiger partial charge in [-0.05, 0) is 48.1 Å². The zero-order valence-electron chi connectivity index (χ0n) is 14.9. The van der Waals surface area contributed by atoms with E-state index in [1.54, 1.807) is 40.9 Å². The van der Waals surface area contributed by atoms with E-state index in [1.165, 1.54) is 12.6 Å². The first-order chi connectivity index (χ1) is 12.4. The third-order valence-corrected chi connectivity index (χ3v) is 7.17. The first-order valence-electron chi connectivity index (χ1n) is 8.37. The SMILES string of the molecule is CSc1ccc(S(=O)(=O)N(C)CC(=O)N2CCc3ccccc3C2)cc1. The van der Waals surface area contributed by atoms with Crippen molar-refractivity contribution in [2.45, 2.75) is 22.8 Å². The van der Waals surface area contributed by atoms with E-state index in [-0.39, 0.29) is 17.3 Å². The van der Waals surface area contributed by atoms with Crippen LogP contribution in [-0.4, -0.2) is 49.9 Å². The van der Waals surface area contributed by atoms with Gasteiger partial charge in [0.1, 0.15) is 0 Å². The summed E-state index contributed by atoms with van der Waals surface area (Å²) in [5.41, 5.74) is 2.39. The fraction of sp³-hybridized carbons (Fsp3) is 0.316. The number of carbonyl (C=O) groups excluding carboxylic acids is 1. The van der Waals surface area contributed by atoms with Crippen LogP contribution in [-0.2, 0) is 27.8 Å². The standard InChI is InChI=1S/C19H22N2O3S2/c1-20(26(23,24)18-9-7-17(25-2)8-10-18)14-19(22)21-12-11-15-5-3-4-6-16(15)13-21/h3-10H,11-14H2,1-2H3. The molecule has 0 unspecified atom stereocenters. The third-order valence-electron chi connectivity index (χ3n) is 4.61. The smallest absolute Gasteiger partial charge is 0.243 e. The van der Waals surface area contributed by atoms with Gasteiger partial charge in [0.2, 0.25) is 15.9 Å². The molecule has 0 N–H and O–H groups in total. The predicted octanol–water partition coefficient (Wildman–Crippen LogP) is 2.61. The molecule has 0 saturated heterocycles. The van der Waals surface area contributed by atoms with E-state index in [0.29, 0.717) is 13.1 Å². The molecule has 1 aliphatic heterocycles. The topological polar surface area (TPSA) is 57.7 Å². The fourth-order valence-corrected chi connectivity index (χ4v) is 4.54. The molecular weight excluding hydrogens is 368 g/mol. The molecule has 0 aliphatic carbocycles. The van der Waals surface area contributed by atoms with Gasteiger partial charge in [-0.15, -0.1) is 11.8 Å². The lowest BCUT2D eigenvalue weighted by molar-refractivity contribution is -0.132. The Morgan fingerprint density at radius 2 is 1.77 bits per heavy atom. The Balaban J connectivity index is 1.68. The van der Waals surface area contributed by atoms with Crippen molar-refractivity contribution in [3.05, 3.63) is 59.7 Å². The highest BCUT2D eigenvalue weighted by atomic mass is 32.2. The lowest BCUT2D eigenvalue weighted by Crippen LogP contribution is -2.43. The Hall–Kier alpha value is -1.83. The average Bonchev–Trinajstić information content (AvgIpc) is 2.67. The van der Waals surface area contributed by atoms with Crippen LogP contribution in [0.3, 0.4) is 0 Å². The zero-order valence-corrected chi connectivity index (χ0v) is 16.5. The van der Waals surface area contributed by atoms with Crippen LogP contribution in [0.4, 0.5) is 0 Å². The van der Waals surface area contributed by atoms with Crippen LogP contribution < -0.4 is 0 Å². The Morgan fingerprint density at radius 3 is 2.42 bits per heavy atom. The van der Waals surface area contributed by atoms with Crippen molar-refractivity contribution in [3.8, 4) is 0 Å². The number of benzene rings is 2. The summed E-state index contributed by atoms with van der Waals surface area (Å²) < 4.78 is 26.5. The van der Waals surface area contributed by atoms with Gasteiger partial charge in [0.15, 0.2) is 0 Å². The second-order valence-corrected chi connectivity index (χ2v) is 9.20. The number of thioether (sulfide) groups is 1. The predicted molar refractivity (Wildman–Crippen MR) is 104 cm³/mol. The summed E-state index contributed by atoms with van der Waals surface area (Å²) in [6, 6.07) is 14.8. The lowest BCUT2D eigenvalue weighted by atomic mass is 10.00.